The third kappa shape index (κ3) is 2.83. The van der Waals surface area contributed by atoms with E-state index >= 15 is 0 Å². The first-order valence-corrected chi connectivity index (χ1v) is 6.82. The first-order chi connectivity index (χ1) is 9.95. The molecule has 1 N–H and O–H groups in total. The van der Waals surface area contributed by atoms with E-state index < -0.39 is 11.7 Å². The summed E-state index contributed by atoms with van der Waals surface area (Å²) < 4.78 is 45.1. The number of ether oxygens (including phenoxy) is 1. The van der Waals surface area contributed by atoms with E-state index in [1.807, 2.05) is 0 Å². The summed E-state index contributed by atoms with van der Waals surface area (Å²) in [6.45, 7) is 1.69. The molecule has 7 heteroatoms. The number of rotatable bonds is 2. The summed E-state index contributed by atoms with van der Waals surface area (Å²) in [5.41, 5.74) is -0.369. The summed E-state index contributed by atoms with van der Waals surface area (Å²) in [4.78, 5) is 14.6. The highest BCUT2D eigenvalue weighted by Gasteiger charge is 2.31. The first-order valence-electron chi connectivity index (χ1n) is 6.82. The van der Waals surface area contributed by atoms with Crippen LogP contribution in [0.15, 0.2) is 23.0 Å². The molecule has 1 aliphatic rings. The molecule has 1 aromatic heterocycles. The molecule has 3 rings (SSSR count). The van der Waals surface area contributed by atoms with Gasteiger partial charge in [0.2, 0.25) is 0 Å². The van der Waals surface area contributed by atoms with Gasteiger partial charge in [-0.3, -0.25) is 4.57 Å². The van der Waals surface area contributed by atoms with Crippen LogP contribution in [0.1, 0.15) is 18.4 Å². The molecule has 0 amide bonds. The molecule has 114 valence electrons. The van der Waals surface area contributed by atoms with Crippen molar-refractivity contribution in [2.75, 3.05) is 13.2 Å². The Morgan fingerprint density at radius 2 is 2.00 bits per heavy atom. The van der Waals surface area contributed by atoms with Crippen LogP contribution < -0.4 is 5.69 Å². The Kier molecular flexibility index (Phi) is 3.52. The molecule has 0 atom stereocenters. The van der Waals surface area contributed by atoms with Gasteiger partial charge < -0.3 is 9.72 Å². The number of aromatic amines is 1. The average Bonchev–Trinajstić information content (AvgIpc) is 2.75. The fourth-order valence-electron chi connectivity index (χ4n) is 2.70. The van der Waals surface area contributed by atoms with Crippen molar-refractivity contribution in [3.8, 4) is 0 Å². The largest absolute Gasteiger partial charge is 0.416 e. The zero-order chi connectivity index (χ0) is 15.0. The number of aromatic nitrogens is 2. The molecule has 0 aliphatic carbocycles. The van der Waals surface area contributed by atoms with Crippen LogP contribution in [-0.4, -0.2) is 22.8 Å². The number of nitrogens with one attached hydrogen (secondary N) is 1. The average molecular weight is 300 g/mol. The molecular weight excluding hydrogens is 285 g/mol. The topological polar surface area (TPSA) is 47.0 Å². The lowest BCUT2D eigenvalue weighted by molar-refractivity contribution is -0.137. The van der Waals surface area contributed by atoms with Gasteiger partial charge in [-0.2, -0.15) is 13.2 Å². The van der Waals surface area contributed by atoms with Crippen LogP contribution in [0.5, 0.6) is 0 Å². The predicted octanol–water partition coefficient (Wildman–Crippen LogP) is 2.78. The van der Waals surface area contributed by atoms with Gasteiger partial charge in [0, 0.05) is 19.8 Å². The van der Waals surface area contributed by atoms with Gasteiger partial charge in [0.05, 0.1) is 16.6 Å². The van der Waals surface area contributed by atoms with Gasteiger partial charge in [0.25, 0.3) is 0 Å². The summed E-state index contributed by atoms with van der Waals surface area (Å²) in [6.07, 6.45) is -2.78. The molecule has 0 radical (unpaired) electrons. The Morgan fingerprint density at radius 3 is 2.67 bits per heavy atom. The van der Waals surface area contributed by atoms with E-state index in [4.69, 9.17) is 4.74 Å². The van der Waals surface area contributed by atoms with E-state index in [1.54, 1.807) is 0 Å². The molecule has 1 saturated heterocycles. The molecule has 0 spiro atoms. The highest BCUT2D eigenvalue weighted by molar-refractivity contribution is 5.76. The Labute approximate surface area is 118 Å². The fourth-order valence-corrected chi connectivity index (χ4v) is 2.70. The highest BCUT2D eigenvalue weighted by atomic mass is 19.4. The standard InChI is InChI=1S/C14H15F3N2O2/c15-14(16,17)10-1-2-11-12(7-10)19(13(20)18-11)8-9-3-5-21-6-4-9/h1-2,7,9H,3-6,8H2,(H,18,20). The second-order valence-corrected chi connectivity index (χ2v) is 5.33. The number of hydrogen-bond acceptors (Lipinski definition) is 2. The minimum atomic E-state index is -4.41. The number of imidazole rings is 1. The van der Waals surface area contributed by atoms with Crippen LogP contribution in [0.2, 0.25) is 0 Å². The SMILES string of the molecule is O=c1[nH]c2ccc(C(F)(F)F)cc2n1CC1CCOCC1. The third-order valence-corrected chi connectivity index (χ3v) is 3.88. The minimum Gasteiger partial charge on any atom is -0.381 e. The van der Waals surface area contributed by atoms with Crippen LogP contribution in [0, 0.1) is 5.92 Å². The summed E-state index contributed by atoms with van der Waals surface area (Å²) in [5.74, 6) is 0.255. The maximum Gasteiger partial charge on any atom is 0.416 e. The van der Waals surface area contributed by atoms with Crippen molar-refractivity contribution in [3.05, 3.63) is 34.2 Å². The quantitative estimate of drug-likeness (QED) is 0.927. The lowest BCUT2D eigenvalue weighted by Crippen LogP contribution is -2.25. The number of nitrogens with zero attached hydrogens (tertiary/aromatic N) is 1. The van der Waals surface area contributed by atoms with Crippen LogP contribution >= 0.6 is 0 Å². The van der Waals surface area contributed by atoms with Gasteiger partial charge in [-0.25, -0.2) is 4.79 Å². The van der Waals surface area contributed by atoms with E-state index in [9.17, 15) is 18.0 Å². The second-order valence-electron chi connectivity index (χ2n) is 5.33. The van der Waals surface area contributed by atoms with Gasteiger partial charge in [0.1, 0.15) is 0 Å². The number of alkyl halides is 3. The maximum atomic E-state index is 12.8. The predicted molar refractivity (Wildman–Crippen MR) is 71.1 cm³/mol. The van der Waals surface area contributed by atoms with E-state index in [-0.39, 0.29) is 11.6 Å². The van der Waals surface area contributed by atoms with Crippen LogP contribution in [0.4, 0.5) is 13.2 Å². The van der Waals surface area contributed by atoms with Gasteiger partial charge >= 0.3 is 11.9 Å². The van der Waals surface area contributed by atoms with Crippen molar-refractivity contribution < 1.29 is 17.9 Å². The molecular formula is C14H15F3N2O2. The molecule has 0 saturated carbocycles. The normalized spacial score (nSPS) is 17.5. The summed E-state index contributed by atoms with van der Waals surface area (Å²) >= 11 is 0. The summed E-state index contributed by atoms with van der Waals surface area (Å²) in [7, 11) is 0. The highest BCUT2D eigenvalue weighted by Crippen LogP contribution is 2.31. The zero-order valence-electron chi connectivity index (χ0n) is 11.2. The number of fused-ring (bicyclic) bond motifs is 1. The van der Waals surface area contributed by atoms with Crippen molar-refractivity contribution >= 4 is 11.0 Å². The van der Waals surface area contributed by atoms with E-state index in [0.29, 0.717) is 30.8 Å². The molecule has 2 aromatic rings. The van der Waals surface area contributed by atoms with Crippen molar-refractivity contribution in [2.24, 2.45) is 5.92 Å². The summed E-state index contributed by atoms with van der Waals surface area (Å²) in [6, 6.07) is 3.32. The molecule has 1 aromatic carbocycles. The zero-order valence-corrected chi connectivity index (χ0v) is 11.2. The third-order valence-electron chi connectivity index (χ3n) is 3.88. The monoisotopic (exact) mass is 300 g/mol. The molecule has 1 aliphatic heterocycles. The van der Waals surface area contributed by atoms with Crippen molar-refractivity contribution in [1.29, 1.82) is 0 Å². The van der Waals surface area contributed by atoms with Crippen LogP contribution in [-0.2, 0) is 17.5 Å². The van der Waals surface area contributed by atoms with Crippen molar-refractivity contribution in [3.63, 3.8) is 0 Å². The Bertz CT molecular complexity index is 696. The maximum absolute atomic E-state index is 12.8. The van der Waals surface area contributed by atoms with Gasteiger partial charge in [-0.05, 0) is 37.0 Å². The number of halogens is 3. The first kappa shape index (κ1) is 14.2. The smallest absolute Gasteiger partial charge is 0.381 e. The Hall–Kier alpha value is -1.76. The minimum absolute atomic E-state index is 0.255. The van der Waals surface area contributed by atoms with Gasteiger partial charge in [-0.15, -0.1) is 0 Å². The number of benzene rings is 1. The second kappa shape index (κ2) is 5.22. The van der Waals surface area contributed by atoms with E-state index in [0.717, 1.165) is 25.0 Å². The van der Waals surface area contributed by atoms with Gasteiger partial charge in [0.15, 0.2) is 0 Å². The van der Waals surface area contributed by atoms with Gasteiger partial charge in [-0.1, -0.05) is 0 Å². The van der Waals surface area contributed by atoms with Crippen molar-refractivity contribution in [1.82, 2.24) is 9.55 Å². The molecule has 2 heterocycles. The molecule has 1 fully saturated rings. The van der Waals surface area contributed by atoms with Crippen molar-refractivity contribution in [2.45, 2.75) is 25.6 Å². The number of hydrogen-bond donors (Lipinski definition) is 1. The fraction of sp³-hybridized carbons (Fsp3) is 0.500. The van der Waals surface area contributed by atoms with E-state index in [2.05, 4.69) is 4.98 Å². The molecule has 4 nitrogen and oxygen atoms in total. The van der Waals surface area contributed by atoms with Crippen LogP contribution in [0.25, 0.3) is 11.0 Å². The number of H-pyrrole nitrogens is 1. The summed E-state index contributed by atoms with van der Waals surface area (Å²) in [5, 5.41) is 0. The Morgan fingerprint density at radius 1 is 1.29 bits per heavy atom. The molecule has 0 unspecified atom stereocenters. The Balaban J connectivity index is 2.00. The lowest BCUT2D eigenvalue weighted by Gasteiger charge is -2.22. The van der Waals surface area contributed by atoms with E-state index in [1.165, 1.54) is 10.6 Å². The molecule has 0 bridgehead atoms. The van der Waals surface area contributed by atoms with Crippen LogP contribution in [0.3, 0.4) is 0 Å². The molecule has 21 heavy (non-hydrogen) atoms. The lowest BCUT2D eigenvalue weighted by atomic mass is 10.0.